The van der Waals surface area contributed by atoms with E-state index >= 15 is 0 Å². The van der Waals surface area contributed by atoms with Gasteiger partial charge in [-0.05, 0) is 57.9 Å². The maximum Gasteiger partial charge on any atom is 0.225 e. The van der Waals surface area contributed by atoms with Crippen LogP contribution in [0.1, 0.15) is 109 Å². The van der Waals surface area contributed by atoms with E-state index < -0.39 is 0 Å². The van der Waals surface area contributed by atoms with Crippen molar-refractivity contribution in [2.24, 2.45) is 17.8 Å². The third-order valence-electron chi connectivity index (χ3n) is 9.63. The van der Waals surface area contributed by atoms with Crippen LogP contribution in [0.5, 0.6) is 0 Å². The van der Waals surface area contributed by atoms with Gasteiger partial charge in [0, 0.05) is 63.6 Å². The lowest BCUT2D eigenvalue weighted by Crippen LogP contribution is -2.47. The summed E-state index contributed by atoms with van der Waals surface area (Å²) < 4.78 is 0. The highest BCUT2D eigenvalue weighted by atomic mass is 16.2. The molecule has 4 fully saturated rings. The number of hydrogen-bond acceptors (Lipinski definition) is 4. The molecule has 4 aliphatic rings. The van der Waals surface area contributed by atoms with E-state index in [0.717, 1.165) is 110 Å². The SMILES string of the molecule is O=C(C1CCCCC1)N1CCCN(C(=O)C2CCCCC2)CCN(C(=O)C2CCCCC2)CCCNCC1. The summed E-state index contributed by atoms with van der Waals surface area (Å²) in [5, 5.41) is 3.54. The molecule has 0 atom stereocenters. The van der Waals surface area contributed by atoms with Crippen molar-refractivity contribution in [3.8, 4) is 0 Å². The molecule has 4 rings (SSSR count). The molecule has 0 aromatic carbocycles. The van der Waals surface area contributed by atoms with Gasteiger partial charge in [0.15, 0.2) is 0 Å². The Morgan fingerprint density at radius 3 is 1.18 bits per heavy atom. The molecule has 1 N–H and O–H groups in total. The molecule has 1 heterocycles. The van der Waals surface area contributed by atoms with Crippen LogP contribution in [-0.4, -0.2) is 84.8 Å². The Balaban J connectivity index is 1.42. The van der Waals surface area contributed by atoms with Crippen molar-refractivity contribution in [2.45, 2.75) is 109 Å². The fourth-order valence-corrected chi connectivity index (χ4v) is 7.25. The van der Waals surface area contributed by atoms with Gasteiger partial charge in [-0.3, -0.25) is 14.4 Å². The van der Waals surface area contributed by atoms with E-state index in [1.165, 1.54) is 32.1 Å². The fourth-order valence-electron chi connectivity index (χ4n) is 7.25. The Bertz CT molecular complexity index is 741. The summed E-state index contributed by atoms with van der Waals surface area (Å²) in [4.78, 5) is 46.8. The average molecular weight is 531 g/mol. The van der Waals surface area contributed by atoms with Crippen LogP contribution in [-0.2, 0) is 14.4 Å². The molecule has 0 aromatic rings. The van der Waals surface area contributed by atoms with E-state index in [4.69, 9.17) is 0 Å². The number of amides is 3. The molecule has 0 bridgehead atoms. The van der Waals surface area contributed by atoms with Crippen molar-refractivity contribution >= 4 is 17.7 Å². The quantitative estimate of drug-likeness (QED) is 0.579. The minimum atomic E-state index is 0.134. The van der Waals surface area contributed by atoms with Crippen molar-refractivity contribution < 1.29 is 14.4 Å². The summed E-state index contributed by atoms with van der Waals surface area (Å²) >= 11 is 0. The number of rotatable bonds is 3. The van der Waals surface area contributed by atoms with Crippen LogP contribution < -0.4 is 5.32 Å². The van der Waals surface area contributed by atoms with E-state index in [0.29, 0.717) is 31.4 Å². The van der Waals surface area contributed by atoms with Gasteiger partial charge < -0.3 is 20.0 Å². The molecule has 7 heteroatoms. The highest BCUT2D eigenvalue weighted by Gasteiger charge is 2.30. The first kappa shape index (κ1) is 29.4. The molecule has 0 radical (unpaired) electrons. The lowest BCUT2D eigenvalue weighted by molar-refractivity contribution is -0.141. The maximum absolute atomic E-state index is 13.7. The normalized spacial score (nSPS) is 25.1. The topological polar surface area (TPSA) is 73.0 Å². The van der Waals surface area contributed by atoms with Crippen LogP contribution in [0.15, 0.2) is 0 Å². The van der Waals surface area contributed by atoms with Crippen molar-refractivity contribution in [1.29, 1.82) is 0 Å². The monoisotopic (exact) mass is 530 g/mol. The van der Waals surface area contributed by atoms with Crippen LogP contribution in [0, 0.1) is 17.8 Å². The van der Waals surface area contributed by atoms with E-state index in [9.17, 15) is 14.4 Å². The van der Waals surface area contributed by atoms with Gasteiger partial charge in [0.25, 0.3) is 0 Å². The van der Waals surface area contributed by atoms with Crippen LogP contribution in [0.3, 0.4) is 0 Å². The van der Waals surface area contributed by atoms with Gasteiger partial charge in [-0.15, -0.1) is 0 Å². The zero-order chi connectivity index (χ0) is 26.6. The zero-order valence-electron chi connectivity index (χ0n) is 24.0. The number of nitrogens with zero attached hydrogens (tertiary/aromatic N) is 3. The Morgan fingerprint density at radius 1 is 0.395 bits per heavy atom. The summed E-state index contributed by atoms with van der Waals surface area (Å²) in [5.74, 6) is 1.40. The summed E-state index contributed by atoms with van der Waals surface area (Å²) in [6.45, 7) is 5.79. The largest absolute Gasteiger partial charge is 0.341 e. The minimum absolute atomic E-state index is 0.134. The van der Waals surface area contributed by atoms with E-state index in [-0.39, 0.29) is 23.7 Å². The number of carbonyl (C=O) groups is 3. The van der Waals surface area contributed by atoms with Gasteiger partial charge in [-0.25, -0.2) is 0 Å². The second kappa shape index (κ2) is 15.8. The molecule has 3 saturated carbocycles. The van der Waals surface area contributed by atoms with Crippen LogP contribution in [0.25, 0.3) is 0 Å². The van der Waals surface area contributed by atoms with E-state index in [1.54, 1.807) is 0 Å². The van der Waals surface area contributed by atoms with Gasteiger partial charge in [0.1, 0.15) is 0 Å². The first-order chi connectivity index (χ1) is 18.6. The lowest BCUT2D eigenvalue weighted by Gasteiger charge is -2.35. The molecule has 3 amide bonds. The predicted molar refractivity (Wildman–Crippen MR) is 152 cm³/mol. The van der Waals surface area contributed by atoms with Gasteiger partial charge >= 0.3 is 0 Å². The molecule has 0 spiro atoms. The van der Waals surface area contributed by atoms with Gasteiger partial charge in [-0.2, -0.15) is 0 Å². The third-order valence-corrected chi connectivity index (χ3v) is 9.63. The third kappa shape index (κ3) is 8.69. The van der Waals surface area contributed by atoms with Crippen molar-refractivity contribution in [3.63, 3.8) is 0 Å². The molecule has 7 nitrogen and oxygen atoms in total. The highest BCUT2D eigenvalue weighted by molar-refractivity contribution is 5.80. The summed E-state index contributed by atoms with van der Waals surface area (Å²) in [5.41, 5.74) is 0. The van der Waals surface area contributed by atoms with Crippen molar-refractivity contribution in [3.05, 3.63) is 0 Å². The second-order valence-corrected chi connectivity index (χ2v) is 12.4. The Labute approximate surface area is 231 Å². The number of carbonyl (C=O) groups excluding carboxylic acids is 3. The predicted octanol–water partition coefficient (Wildman–Crippen LogP) is 4.60. The maximum atomic E-state index is 13.7. The first-order valence-electron chi connectivity index (χ1n) is 16.2. The fraction of sp³-hybridized carbons (Fsp3) is 0.903. The zero-order valence-corrected chi connectivity index (χ0v) is 24.0. The van der Waals surface area contributed by atoms with E-state index in [1.807, 2.05) is 0 Å². The number of nitrogens with one attached hydrogen (secondary N) is 1. The average Bonchev–Trinajstić information content (AvgIpc) is 2.98. The van der Waals surface area contributed by atoms with Crippen LogP contribution >= 0.6 is 0 Å². The molecule has 1 aliphatic heterocycles. The first-order valence-corrected chi connectivity index (χ1v) is 16.2. The van der Waals surface area contributed by atoms with Crippen molar-refractivity contribution in [1.82, 2.24) is 20.0 Å². The second-order valence-electron chi connectivity index (χ2n) is 12.4. The van der Waals surface area contributed by atoms with Crippen molar-refractivity contribution in [2.75, 3.05) is 52.4 Å². The molecule has 0 unspecified atom stereocenters. The van der Waals surface area contributed by atoms with Crippen LogP contribution in [0.2, 0.25) is 0 Å². The van der Waals surface area contributed by atoms with Gasteiger partial charge in [-0.1, -0.05) is 57.8 Å². The highest BCUT2D eigenvalue weighted by Crippen LogP contribution is 2.28. The Kier molecular flexibility index (Phi) is 12.2. The Morgan fingerprint density at radius 2 is 0.763 bits per heavy atom. The molecular formula is C31H54N4O3. The molecular weight excluding hydrogens is 476 g/mol. The summed E-state index contributed by atoms with van der Waals surface area (Å²) in [7, 11) is 0. The molecule has 1 saturated heterocycles. The smallest absolute Gasteiger partial charge is 0.225 e. The lowest BCUT2D eigenvalue weighted by atomic mass is 9.88. The molecule has 3 aliphatic carbocycles. The van der Waals surface area contributed by atoms with Gasteiger partial charge in [0.2, 0.25) is 17.7 Å². The minimum Gasteiger partial charge on any atom is -0.341 e. The van der Waals surface area contributed by atoms with E-state index in [2.05, 4.69) is 20.0 Å². The summed E-state index contributed by atoms with van der Waals surface area (Å²) in [6.07, 6.45) is 18.5. The molecule has 38 heavy (non-hydrogen) atoms. The van der Waals surface area contributed by atoms with Crippen LogP contribution in [0.4, 0.5) is 0 Å². The molecule has 0 aromatic heterocycles. The number of hydrogen-bond donors (Lipinski definition) is 1. The Hall–Kier alpha value is -1.63. The van der Waals surface area contributed by atoms with Gasteiger partial charge in [0.05, 0.1) is 0 Å². The summed E-state index contributed by atoms with van der Waals surface area (Å²) in [6, 6.07) is 0. The standard InChI is InChI=1S/C31H54N4O3/c36-29(26-12-4-1-5-13-26)33-21-11-22-35(31(38)28-16-8-3-9-17-28)25-24-34(20-10-18-32-19-23-33)30(37)27-14-6-2-7-15-27/h26-28,32H,1-25H2. The molecule has 216 valence electrons.